The molecular formula is C16H28O3. The van der Waals surface area contributed by atoms with Crippen molar-refractivity contribution in [2.24, 2.45) is 0 Å². The van der Waals surface area contributed by atoms with E-state index in [9.17, 15) is 9.90 Å². The number of carboxylic acid groups (broad SMARTS) is 1. The summed E-state index contributed by atoms with van der Waals surface area (Å²) in [6.07, 6.45) is 16.2. The molecule has 19 heavy (non-hydrogen) atoms. The maximum absolute atomic E-state index is 10.3. The molecule has 0 aliphatic carbocycles. The Morgan fingerprint density at radius 1 is 1.05 bits per heavy atom. The first-order chi connectivity index (χ1) is 9.16. The lowest BCUT2D eigenvalue weighted by Gasteiger charge is -1.99. The third-order valence-electron chi connectivity index (χ3n) is 2.94. The van der Waals surface area contributed by atoms with Crippen molar-refractivity contribution >= 4 is 5.97 Å². The number of carboxylic acids is 1. The average Bonchev–Trinajstić information content (AvgIpc) is 2.35. The number of unbranched alkanes of at least 4 members (excludes halogenated alkanes) is 7. The molecule has 0 aliphatic rings. The van der Waals surface area contributed by atoms with Crippen LogP contribution in [-0.4, -0.2) is 22.3 Å². The number of allylic oxidation sites excluding steroid dienone is 3. The van der Waals surface area contributed by atoms with Crippen molar-refractivity contribution in [3.63, 3.8) is 0 Å². The van der Waals surface area contributed by atoms with Gasteiger partial charge >= 0.3 is 5.97 Å². The Hall–Kier alpha value is -1.09. The van der Waals surface area contributed by atoms with Crippen LogP contribution in [0.4, 0.5) is 0 Å². The quantitative estimate of drug-likeness (QED) is 0.414. The summed E-state index contributed by atoms with van der Waals surface area (Å²) in [5.74, 6) is -0.982. The number of carbonyl (C=O) groups is 1. The Bertz CT molecular complexity index is 269. The van der Waals surface area contributed by atoms with E-state index in [-0.39, 0.29) is 6.42 Å². The maximum Gasteiger partial charge on any atom is 0.306 e. The summed E-state index contributed by atoms with van der Waals surface area (Å²) in [5, 5.41) is 17.7. The summed E-state index contributed by atoms with van der Waals surface area (Å²) in [6.45, 7) is 2.23. The van der Waals surface area contributed by atoms with E-state index in [0.29, 0.717) is 0 Å². The molecule has 0 saturated carbocycles. The Morgan fingerprint density at radius 3 is 2.32 bits per heavy atom. The Morgan fingerprint density at radius 2 is 1.68 bits per heavy atom. The van der Waals surface area contributed by atoms with Gasteiger partial charge in [-0.15, -0.1) is 0 Å². The van der Waals surface area contributed by atoms with Crippen LogP contribution in [0.3, 0.4) is 0 Å². The molecule has 0 bridgehead atoms. The number of aliphatic hydroxyl groups is 1. The minimum atomic E-state index is -0.982. The second-order valence-electron chi connectivity index (χ2n) is 4.89. The highest BCUT2D eigenvalue weighted by atomic mass is 16.4. The van der Waals surface area contributed by atoms with Gasteiger partial charge in [-0.25, -0.2) is 0 Å². The molecule has 0 aromatic rings. The predicted molar refractivity (Wildman–Crippen MR) is 79.1 cm³/mol. The second kappa shape index (κ2) is 13.3. The summed E-state index contributed by atoms with van der Waals surface area (Å²) in [5.41, 5.74) is 0. The van der Waals surface area contributed by atoms with Crippen LogP contribution in [0.1, 0.15) is 64.7 Å². The lowest BCUT2D eigenvalue weighted by atomic mass is 10.1. The van der Waals surface area contributed by atoms with Crippen LogP contribution in [-0.2, 0) is 4.79 Å². The van der Waals surface area contributed by atoms with Gasteiger partial charge in [-0.3, -0.25) is 4.79 Å². The molecule has 0 aliphatic heterocycles. The molecular weight excluding hydrogens is 240 g/mol. The van der Waals surface area contributed by atoms with Gasteiger partial charge in [0, 0.05) is 0 Å². The summed E-state index contributed by atoms with van der Waals surface area (Å²) in [4.78, 5) is 10.3. The third-order valence-corrected chi connectivity index (χ3v) is 2.94. The van der Waals surface area contributed by atoms with E-state index in [2.05, 4.69) is 13.0 Å². The van der Waals surface area contributed by atoms with Crippen molar-refractivity contribution in [2.75, 3.05) is 0 Å². The van der Waals surface area contributed by atoms with E-state index >= 15 is 0 Å². The smallest absolute Gasteiger partial charge is 0.306 e. The third kappa shape index (κ3) is 14.9. The van der Waals surface area contributed by atoms with E-state index in [1.165, 1.54) is 51.0 Å². The Labute approximate surface area is 117 Å². The van der Waals surface area contributed by atoms with Gasteiger partial charge in [-0.2, -0.15) is 0 Å². The fraction of sp³-hybridized carbons (Fsp3) is 0.688. The summed E-state index contributed by atoms with van der Waals surface area (Å²) >= 11 is 0. The number of aliphatic hydroxyl groups excluding tert-OH is 1. The largest absolute Gasteiger partial charge is 0.481 e. The van der Waals surface area contributed by atoms with Gasteiger partial charge in [0.15, 0.2) is 0 Å². The molecule has 110 valence electrons. The Balaban J connectivity index is 3.38. The van der Waals surface area contributed by atoms with E-state index < -0.39 is 12.1 Å². The van der Waals surface area contributed by atoms with Crippen molar-refractivity contribution in [2.45, 2.75) is 70.8 Å². The molecule has 0 fully saturated rings. The summed E-state index contributed by atoms with van der Waals surface area (Å²) in [6, 6.07) is 0. The van der Waals surface area contributed by atoms with Crippen LogP contribution >= 0.6 is 0 Å². The van der Waals surface area contributed by atoms with Crippen LogP contribution in [0.2, 0.25) is 0 Å². The lowest BCUT2D eigenvalue weighted by molar-refractivity contribution is -0.138. The van der Waals surface area contributed by atoms with Crippen LogP contribution in [0.15, 0.2) is 24.3 Å². The minimum Gasteiger partial charge on any atom is -0.481 e. The number of hydrogen-bond acceptors (Lipinski definition) is 2. The molecule has 0 spiro atoms. The predicted octanol–water partition coefficient (Wildman–Crippen LogP) is 4.08. The van der Waals surface area contributed by atoms with Gasteiger partial charge < -0.3 is 10.2 Å². The van der Waals surface area contributed by atoms with Crippen molar-refractivity contribution in [3.8, 4) is 0 Å². The van der Waals surface area contributed by atoms with Crippen molar-refractivity contribution in [1.82, 2.24) is 0 Å². The zero-order valence-corrected chi connectivity index (χ0v) is 12.1. The summed E-state index contributed by atoms with van der Waals surface area (Å²) < 4.78 is 0. The minimum absolute atomic E-state index is 0.234. The molecule has 0 heterocycles. The van der Waals surface area contributed by atoms with Crippen molar-refractivity contribution in [1.29, 1.82) is 0 Å². The van der Waals surface area contributed by atoms with Crippen molar-refractivity contribution in [3.05, 3.63) is 24.3 Å². The van der Waals surface area contributed by atoms with Crippen LogP contribution < -0.4 is 0 Å². The zero-order chi connectivity index (χ0) is 14.3. The Kier molecular flexibility index (Phi) is 12.6. The first kappa shape index (κ1) is 17.9. The van der Waals surface area contributed by atoms with E-state index in [0.717, 1.165) is 6.42 Å². The zero-order valence-electron chi connectivity index (χ0n) is 12.1. The highest BCUT2D eigenvalue weighted by Gasteiger charge is 2.03. The van der Waals surface area contributed by atoms with Gasteiger partial charge in [0.1, 0.15) is 0 Å². The van der Waals surface area contributed by atoms with Crippen LogP contribution in [0.5, 0.6) is 0 Å². The monoisotopic (exact) mass is 268 g/mol. The number of aliphatic carboxylic acids is 1. The number of rotatable bonds is 12. The molecule has 1 unspecified atom stereocenters. The first-order valence-electron chi connectivity index (χ1n) is 7.40. The standard InChI is InChI=1S/C16H28O3/c1-2-3-4-5-6-7-8-9-10-11-12-13-15(17)14-16(18)19/h10-13,15,17H,2-9,14H2,1H3,(H,18,19). The maximum atomic E-state index is 10.3. The normalized spacial score (nSPS) is 13.4. The van der Waals surface area contributed by atoms with Gasteiger partial charge in [-0.05, 0) is 12.8 Å². The first-order valence-corrected chi connectivity index (χ1v) is 7.40. The molecule has 0 saturated heterocycles. The van der Waals surface area contributed by atoms with Gasteiger partial charge in [-0.1, -0.05) is 69.8 Å². The second-order valence-corrected chi connectivity index (χ2v) is 4.89. The molecule has 3 heteroatoms. The highest BCUT2D eigenvalue weighted by Crippen LogP contribution is 2.08. The molecule has 0 aromatic heterocycles. The average molecular weight is 268 g/mol. The molecule has 3 nitrogen and oxygen atoms in total. The van der Waals surface area contributed by atoms with Crippen molar-refractivity contribution < 1.29 is 15.0 Å². The van der Waals surface area contributed by atoms with Gasteiger partial charge in [0.05, 0.1) is 12.5 Å². The SMILES string of the molecule is CCCCCCCCCC=CC=CC(O)CC(=O)O. The molecule has 0 rings (SSSR count). The summed E-state index contributed by atoms with van der Waals surface area (Å²) in [7, 11) is 0. The van der Waals surface area contributed by atoms with Gasteiger partial charge in [0.2, 0.25) is 0 Å². The van der Waals surface area contributed by atoms with E-state index in [4.69, 9.17) is 5.11 Å². The van der Waals surface area contributed by atoms with E-state index in [1.807, 2.05) is 6.08 Å². The molecule has 0 aromatic carbocycles. The fourth-order valence-corrected chi connectivity index (χ4v) is 1.83. The fourth-order valence-electron chi connectivity index (χ4n) is 1.83. The lowest BCUT2D eigenvalue weighted by Crippen LogP contribution is -2.09. The van der Waals surface area contributed by atoms with E-state index in [1.54, 1.807) is 6.08 Å². The van der Waals surface area contributed by atoms with Crippen LogP contribution in [0.25, 0.3) is 0 Å². The molecule has 0 amide bonds. The van der Waals surface area contributed by atoms with Gasteiger partial charge in [0.25, 0.3) is 0 Å². The molecule has 0 radical (unpaired) electrons. The van der Waals surface area contributed by atoms with Crippen LogP contribution in [0, 0.1) is 0 Å². The molecule has 1 atom stereocenters. The highest BCUT2D eigenvalue weighted by molar-refractivity contribution is 5.67. The molecule has 2 N–H and O–H groups in total. The topological polar surface area (TPSA) is 57.5 Å². The number of hydrogen-bond donors (Lipinski definition) is 2.